The molecule has 0 amide bonds. The second-order valence-electron chi connectivity index (χ2n) is 4.60. The smallest absolute Gasteiger partial charge is 0.309 e. The van der Waals surface area contributed by atoms with Crippen LogP contribution in [0.5, 0.6) is 0 Å². The molecule has 3 rings (SSSR count). The molecule has 0 fully saturated rings. The van der Waals surface area contributed by atoms with Crippen LogP contribution in [0.15, 0.2) is 39.0 Å². The number of aromatic amines is 2. The molecule has 2 aromatic heterocycles. The van der Waals surface area contributed by atoms with Crippen molar-refractivity contribution in [1.29, 1.82) is 0 Å². The van der Waals surface area contributed by atoms with Crippen molar-refractivity contribution >= 4 is 22.7 Å². The summed E-state index contributed by atoms with van der Waals surface area (Å²) in [5.74, 6) is 0.555. The van der Waals surface area contributed by atoms with E-state index in [1.54, 1.807) is 25.2 Å². The molecule has 0 saturated heterocycles. The third-order valence-corrected chi connectivity index (χ3v) is 4.29. The minimum Gasteiger partial charge on any atom is -0.309 e. The number of hydrogen-bond donors (Lipinski definition) is 2. The maximum absolute atomic E-state index is 12.0. The van der Waals surface area contributed by atoms with E-state index in [0.29, 0.717) is 21.9 Å². The maximum atomic E-state index is 12.0. The molecule has 1 aromatic carbocycles. The molecule has 0 bridgehead atoms. The SMILES string of the molecule is CC(Sc1n[nH]c(=O)n1C)c1nc2ccccc2c(=O)[nH]1. The zero-order valence-electron chi connectivity index (χ0n) is 11.5. The van der Waals surface area contributed by atoms with Crippen LogP contribution in [0.3, 0.4) is 0 Å². The first-order valence-corrected chi connectivity index (χ1v) is 7.21. The molecule has 1 unspecified atom stereocenters. The lowest BCUT2D eigenvalue weighted by atomic mass is 10.2. The summed E-state index contributed by atoms with van der Waals surface area (Å²) in [6.45, 7) is 1.90. The van der Waals surface area contributed by atoms with Gasteiger partial charge in [0.1, 0.15) is 5.82 Å². The van der Waals surface area contributed by atoms with Gasteiger partial charge in [0.25, 0.3) is 5.56 Å². The van der Waals surface area contributed by atoms with E-state index in [2.05, 4.69) is 20.2 Å². The third kappa shape index (κ3) is 2.49. The summed E-state index contributed by atoms with van der Waals surface area (Å²) in [7, 11) is 1.64. The van der Waals surface area contributed by atoms with Gasteiger partial charge in [0.05, 0.1) is 16.2 Å². The Morgan fingerprint density at radius 3 is 2.76 bits per heavy atom. The first-order valence-electron chi connectivity index (χ1n) is 6.33. The van der Waals surface area contributed by atoms with Crippen molar-refractivity contribution in [3.8, 4) is 0 Å². The van der Waals surface area contributed by atoms with E-state index in [1.807, 2.05) is 13.0 Å². The molecular weight excluding hydrogens is 290 g/mol. The van der Waals surface area contributed by atoms with E-state index in [0.717, 1.165) is 0 Å². The van der Waals surface area contributed by atoms with Crippen molar-refractivity contribution in [2.75, 3.05) is 0 Å². The van der Waals surface area contributed by atoms with Gasteiger partial charge >= 0.3 is 5.69 Å². The van der Waals surface area contributed by atoms with Crippen molar-refractivity contribution in [2.45, 2.75) is 17.3 Å². The van der Waals surface area contributed by atoms with Crippen LogP contribution in [0.1, 0.15) is 18.0 Å². The largest absolute Gasteiger partial charge is 0.343 e. The topological polar surface area (TPSA) is 96.4 Å². The summed E-state index contributed by atoms with van der Waals surface area (Å²) in [6.07, 6.45) is 0. The molecular formula is C13H13N5O2S. The summed E-state index contributed by atoms with van der Waals surface area (Å²) >= 11 is 1.35. The van der Waals surface area contributed by atoms with Crippen LogP contribution in [-0.4, -0.2) is 24.7 Å². The van der Waals surface area contributed by atoms with Gasteiger partial charge in [-0.1, -0.05) is 23.9 Å². The van der Waals surface area contributed by atoms with Gasteiger partial charge in [0, 0.05) is 7.05 Å². The predicted molar refractivity (Wildman–Crippen MR) is 80.5 cm³/mol. The van der Waals surface area contributed by atoms with Crippen LogP contribution >= 0.6 is 11.8 Å². The van der Waals surface area contributed by atoms with Gasteiger partial charge in [-0.05, 0) is 19.1 Å². The lowest BCUT2D eigenvalue weighted by molar-refractivity contribution is 0.760. The summed E-state index contributed by atoms with van der Waals surface area (Å²) in [5, 5.41) is 7.28. The molecule has 8 heteroatoms. The van der Waals surface area contributed by atoms with Gasteiger partial charge in [0.15, 0.2) is 5.16 Å². The number of thioether (sulfide) groups is 1. The second kappa shape index (κ2) is 5.21. The highest BCUT2D eigenvalue weighted by atomic mass is 32.2. The van der Waals surface area contributed by atoms with Gasteiger partial charge < -0.3 is 4.98 Å². The fraction of sp³-hybridized carbons (Fsp3) is 0.231. The number of nitrogens with one attached hydrogen (secondary N) is 2. The summed E-state index contributed by atoms with van der Waals surface area (Å²) in [5.41, 5.74) is 0.211. The summed E-state index contributed by atoms with van der Waals surface area (Å²) in [4.78, 5) is 30.6. The Balaban J connectivity index is 1.98. The second-order valence-corrected chi connectivity index (χ2v) is 5.91. The standard InChI is InChI=1S/C13H13N5O2S/c1-7(21-13-17-16-12(20)18(13)2)10-14-9-6-4-3-5-8(9)11(19)15-10/h3-7H,1-2H3,(H,16,20)(H,14,15,19). The van der Waals surface area contributed by atoms with E-state index < -0.39 is 0 Å². The Morgan fingerprint density at radius 1 is 1.29 bits per heavy atom. The summed E-state index contributed by atoms with van der Waals surface area (Å²) < 4.78 is 1.42. The molecule has 108 valence electrons. The first kappa shape index (κ1) is 13.6. The van der Waals surface area contributed by atoms with E-state index >= 15 is 0 Å². The summed E-state index contributed by atoms with van der Waals surface area (Å²) in [6, 6.07) is 7.18. The lowest BCUT2D eigenvalue weighted by Gasteiger charge is -2.10. The number of para-hydroxylation sites is 1. The molecule has 7 nitrogen and oxygen atoms in total. The number of aromatic nitrogens is 5. The van der Waals surface area contributed by atoms with Crippen molar-refractivity contribution in [1.82, 2.24) is 24.7 Å². The Kier molecular flexibility index (Phi) is 3.38. The predicted octanol–water partition coefficient (Wildman–Crippen LogP) is 1.20. The van der Waals surface area contributed by atoms with Gasteiger partial charge in [-0.3, -0.25) is 9.36 Å². The molecule has 1 atom stereocenters. The molecule has 0 spiro atoms. The number of benzene rings is 1. The van der Waals surface area contributed by atoms with Crippen molar-refractivity contribution in [3.05, 3.63) is 50.9 Å². The number of rotatable bonds is 3. The number of H-pyrrole nitrogens is 2. The Bertz CT molecular complexity index is 911. The van der Waals surface area contributed by atoms with Crippen LogP contribution < -0.4 is 11.2 Å². The first-order chi connectivity index (χ1) is 10.1. The molecule has 2 heterocycles. The molecule has 0 radical (unpaired) electrons. The van der Waals surface area contributed by atoms with Crippen LogP contribution in [0.4, 0.5) is 0 Å². The average Bonchev–Trinajstić information content (AvgIpc) is 2.79. The zero-order valence-corrected chi connectivity index (χ0v) is 12.3. The van der Waals surface area contributed by atoms with Crippen molar-refractivity contribution in [2.24, 2.45) is 7.05 Å². The van der Waals surface area contributed by atoms with E-state index in [1.165, 1.54) is 16.3 Å². The molecule has 0 aliphatic carbocycles. The van der Waals surface area contributed by atoms with E-state index in [-0.39, 0.29) is 16.5 Å². The minimum absolute atomic E-state index is 0.142. The molecule has 0 aliphatic heterocycles. The highest BCUT2D eigenvalue weighted by molar-refractivity contribution is 7.99. The van der Waals surface area contributed by atoms with E-state index in [4.69, 9.17) is 0 Å². The maximum Gasteiger partial charge on any atom is 0.343 e. The fourth-order valence-electron chi connectivity index (χ4n) is 1.95. The number of fused-ring (bicyclic) bond motifs is 1. The van der Waals surface area contributed by atoms with Crippen molar-refractivity contribution in [3.63, 3.8) is 0 Å². The highest BCUT2D eigenvalue weighted by Gasteiger charge is 2.15. The van der Waals surface area contributed by atoms with Crippen molar-refractivity contribution < 1.29 is 0 Å². The molecule has 21 heavy (non-hydrogen) atoms. The van der Waals surface area contributed by atoms with Crippen LogP contribution in [0.25, 0.3) is 10.9 Å². The lowest BCUT2D eigenvalue weighted by Crippen LogP contribution is -2.14. The van der Waals surface area contributed by atoms with E-state index in [9.17, 15) is 9.59 Å². The Labute approximate surface area is 123 Å². The average molecular weight is 303 g/mol. The fourth-order valence-corrected chi connectivity index (χ4v) is 2.83. The molecule has 0 saturated carbocycles. The van der Waals surface area contributed by atoms with Gasteiger partial charge in [-0.15, -0.1) is 5.10 Å². The normalized spacial score (nSPS) is 12.7. The van der Waals surface area contributed by atoms with Gasteiger partial charge in [-0.25, -0.2) is 14.9 Å². The molecule has 0 aliphatic rings. The monoisotopic (exact) mass is 303 g/mol. The number of hydrogen-bond acceptors (Lipinski definition) is 5. The molecule has 2 N–H and O–H groups in total. The van der Waals surface area contributed by atoms with Crippen LogP contribution in [0, 0.1) is 0 Å². The van der Waals surface area contributed by atoms with Crippen LogP contribution in [-0.2, 0) is 7.05 Å². The number of nitrogens with zero attached hydrogens (tertiary/aromatic N) is 3. The Morgan fingerprint density at radius 2 is 2.05 bits per heavy atom. The van der Waals surface area contributed by atoms with Gasteiger partial charge in [-0.2, -0.15) is 0 Å². The Hall–Kier alpha value is -2.35. The third-order valence-electron chi connectivity index (χ3n) is 3.14. The highest BCUT2D eigenvalue weighted by Crippen LogP contribution is 2.30. The van der Waals surface area contributed by atoms with Gasteiger partial charge in [0.2, 0.25) is 0 Å². The quantitative estimate of drug-likeness (QED) is 0.709. The molecule has 3 aromatic rings. The van der Waals surface area contributed by atoms with Crippen LogP contribution in [0.2, 0.25) is 0 Å². The minimum atomic E-state index is -0.273. The zero-order chi connectivity index (χ0) is 15.0.